The topological polar surface area (TPSA) is 74.4 Å². The van der Waals surface area contributed by atoms with Gasteiger partial charge < -0.3 is 4.42 Å². The molecule has 0 fully saturated rings. The van der Waals surface area contributed by atoms with Crippen LogP contribution in [0.1, 0.15) is 26.0 Å². The van der Waals surface area contributed by atoms with Crippen molar-refractivity contribution in [3.63, 3.8) is 0 Å². The molecule has 0 aliphatic carbocycles. The molecule has 0 amide bonds. The Bertz CT molecular complexity index is 939. The molecule has 3 aromatic rings. The van der Waals surface area contributed by atoms with Crippen molar-refractivity contribution >= 4 is 17.0 Å². The Kier molecular flexibility index (Phi) is 3.00. The first-order chi connectivity index (χ1) is 9.90. The molecule has 0 N–H and O–H groups in total. The van der Waals surface area contributed by atoms with Gasteiger partial charge in [0, 0.05) is 13.6 Å². The van der Waals surface area contributed by atoms with E-state index in [0.29, 0.717) is 35.2 Å². The van der Waals surface area contributed by atoms with Gasteiger partial charge in [-0.15, -0.1) is 0 Å². The van der Waals surface area contributed by atoms with Crippen LogP contribution in [0.2, 0.25) is 0 Å². The maximum atomic E-state index is 12.6. The zero-order chi connectivity index (χ0) is 15.3. The van der Waals surface area contributed by atoms with Crippen molar-refractivity contribution in [1.82, 2.24) is 18.5 Å². The zero-order valence-electron chi connectivity index (χ0n) is 12.6. The van der Waals surface area contributed by atoms with E-state index in [1.165, 1.54) is 9.13 Å². The van der Waals surface area contributed by atoms with Crippen molar-refractivity contribution in [3.8, 4) is 0 Å². The van der Waals surface area contributed by atoms with E-state index in [4.69, 9.17) is 4.42 Å². The maximum absolute atomic E-state index is 12.6. The summed E-state index contributed by atoms with van der Waals surface area (Å²) in [6.45, 7) is 6.32. The number of hydrogen-bond donors (Lipinski definition) is 0. The van der Waals surface area contributed by atoms with Crippen molar-refractivity contribution < 1.29 is 4.42 Å². The summed E-state index contributed by atoms with van der Waals surface area (Å²) in [7, 11) is 1.62. The predicted molar refractivity (Wildman–Crippen MR) is 78.7 cm³/mol. The van der Waals surface area contributed by atoms with Crippen LogP contribution in [0.15, 0.2) is 20.2 Å². The molecule has 0 aromatic carbocycles. The fraction of sp³-hybridized carbons (Fsp3) is 0.500. The number of oxazole rings is 1. The monoisotopic (exact) mass is 290 g/mol. The van der Waals surface area contributed by atoms with Crippen molar-refractivity contribution in [1.29, 1.82) is 0 Å². The van der Waals surface area contributed by atoms with Gasteiger partial charge in [-0.05, 0) is 19.3 Å². The summed E-state index contributed by atoms with van der Waals surface area (Å²) in [5.74, 6) is 1.41. The van der Waals surface area contributed by atoms with E-state index in [9.17, 15) is 9.59 Å². The summed E-state index contributed by atoms with van der Waals surface area (Å²) >= 11 is 0. The second-order valence-corrected chi connectivity index (χ2v) is 5.76. The van der Waals surface area contributed by atoms with E-state index in [1.807, 2.05) is 0 Å². The SMILES string of the molecule is Cc1cn2c(nc3c2c(=O)n(CCC(C)C)c(=O)n3C)o1. The Labute approximate surface area is 120 Å². The Morgan fingerprint density at radius 2 is 2.05 bits per heavy atom. The molecule has 0 aliphatic rings. The average Bonchev–Trinajstić information content (AvgIpc) is 2.91. The molecule has 3 rings (SSSR count). The van der Waals surface area contributed by atoms with Gasteiger partial charge in [0.1, 0.15) is 5.76 Å². The van der Waals surface area contributed by atoms with Gasteiger partial charge in [0.05, 0.1) is 6.20 Å². The highest BCUT2D eigenvalue weighted by Gasteiger charge is 2.18. The van der Waals surface area contributed by atoms with Gasteiger partial charge in [0.2, 0.25) is 0 Å². The maximum Gasteiger partial charge on any atom is 0.332 e. The lowest BCUT2D eigenvalue weighted by Gasteiger charge is -2.09. The summed E-state index contributed by atoms with van der Waals surface area (Å²) in [5.41, 5.74) is 0.0740. The third kappa shape index (κ3) is 2.00. The van der Waals surface area contributed by atoms with Gasteiger partial charge in [-0.1, -0.05) is 13.8 Å². The third-order valence-corrected chi connectivity index (χ3v) is 3.64. The van der Waals surface area contributed by atoms with Crippen LogP contribution in [0.4, 0.5) is 0 Å². The molecule has 0 aliphatic heterocycles. The fourth-order valence-corrected chi connectivity index (χ4v) is 2.45. The van der Waals surface area contributed by atoms with Gasteiger partial charge in [-0.3, -0.25) is 18.3 Å². The predicted octanol–water partition coefficient (Wildman–Crippen LogP) is 1.30. The number of aryl methyl sites for hydroxylation is 2. The largest absolute Gasteiger partial charge is 0.428 e. The fourth-order valence-electron chi connectivity index (χ4n) is 2.45. The van der Waals surface area contributed by atoms with Crippen LogP contribution in [0, 0.1) is 12.8 Å². The van der Waals surface area contributed by atoms with Crippen molar-refractivity contribution in [2.24, 2.45) is 13.0 Å². The first-order valence-corrected chi connectivity index (χ1v) is 6.98. The lowest BCUT2D eigenvalue weighted by atomic mass is 10.1. The molecular formula is C14H18N4O3. The first-order valence-electron chi connectivity index (χ1n) is 6.98. The van der Waals surface area contributed by atoms with E-state index >= 15 is 0 Å². The van der Waals surface area contributed by atoms with Gasteiger partial charge in [-0.25, -0.2) is 4.79 Å². The summed E-state index contributed by atoms with van der Waals surface area (Å²) in [4.78, 5) is 29.2. The van der Waals surface area contributed by atoms with Crippen LogP contribution in [-0.4, -0.2) is 18.5 Å². The lowest BCUT2D eigenvalue weighted by Crippen LogP contribution is -2.39. The second kappa shape index (κ2) is 4.61. The number of nitrogens with zero attached hydrogens (tertiary/aromatic N) is 4. The summed E-state index contributed by atoms with van der Waals surface area (Å²) in [6.07, 6.45) is 2.48. The Hall–Kier alpha value is -2.31. The molecule has 21 heavy (non-hydrogen) atoms. The number of imidazole rings is 1. The lowest BCUT2D eigenvalue weighted by molar-refractivity contribution is 0.488. The average molecular weight is 290 g/mol. The van der Waals surface area contributed by atoms with Crippen molar-refractivity contribution in [2.45, 2.75) is 33.7 Å². The van der Waals surface area contributed by atoms with E-state index in [-0.39, 0.29) is 11.2 Å². The molecule has 0 radical (unpaired) electrons. The molecule has 3 heterocycles. The number of fused-ring (bicyclic) bond motifs is 3. The van der Waals surface area contributed by atoms with Gasteiger partial charge >= 0.3 is 11.5 Å². The van der Waals surface area contributed by atoms with Crippen LogP contribution in [0.25, 0.3) is 17.0 Å². The quantitative estimate of drug-likeness (QED) is 0.728. The van der Waals surface area contributed by atoms with Gasteiger partial charge in [0.25, 0.3) is 5.56 Å². The van der Waals surface area contributed by atoms with Crippen LogP contribution >= 0.6 is 0 Å². The Morgan fingerprint density at radius 3 is 2.71 bits per heavy atom. The molecule has 3 aromatic heterocycles. The Morgan fingerprint density at radius 1 is 1.33 bits per heavy atom. The number of aromatic nitrogens is 4. The molecule has 112 valence electrons. The molecule has 0 bridgehead atoms. The van der Waals surface area contributed by atoms with Crippen molar-refractivity contribution in [2.75, 3.05) is 0 Å². The third-order valence-electron chi connectivity index (χ3n) is 3.64. The highest BCUT2D eigenvalue weighted by molar-refractivity contribution is 5.74. The van der Waals surface area contributed by atoms with Crippen LogP contribution in [-0.2, 0) is 13.6 Å². The summed E-state index contributed by atoms with van der Waals surface area (Å²) < 4.78 is 9.71. The highest BCUT2D eigenvalue weighted by atomic mass is 16.4. The number of hydrogen-bond acceptors (Lipinski definition) is 4. The molecule has 0 unspecified atom stereocenters. The first kappa shape index (κ1) is 13.7. The zero-order valence-corrected chi connectivity index (χ0v) is 12.6. The molecule has 7 nitrogen and oxygen atoms in total. The molecule has 0 spiro atoms. The molecular weight excluding hydrogens is 272 g/mol. The molecule has 0 saturated carbocycles. The summed E-state index contributed by atoms with van der Waals surface area (Å²) in [6, 6.07) is 0. The molecule has 0 atom stereocenters. The van der Waals surface area contributed by atoms with E-state index < -0.39 is 0 Å². The highest BCUT2D eigenvalue weighted by Crippen LogP contribution is 2.14. The van der Waals surface area contributed by atoms with E-state index in [1.54, 1.807) is 24.6 Å². The van der Waals surface area contributed by atoms with E-state index in [2.05, 4.69) is 18.8 Å². The van der Waals surface area contributed by atoms with Gasteiger partial charge in [-0.2, -0.15) is 4.98 Å². The standard InChI is InChI=1S/C14H18N4O3/c1-8(2)5-6-17-12(19)10-11(16(4)14(17)20)15-13-18(10)7-9(3)21-13/h7-8H,5-6H2,1-4H3. The van der Waals surface area contributed by atoms with Crippen LogP contribution in [0.3, 0.4) is 0 Å². The minimum Gasteiger partial charge on any atom is -0.428 e. The molecule has 7 heteroatoms. The van der Waals surface area contributed by atoms with Gasteiger partial charge in [0.15, 0.2) is 11.2 Å². The minimum atomic E-state index is -0.342. The normalized spacial score (nSPS) is 12.0. The van der Waals surface area contributed by atoms with Crippen LogP contribution < -0.4 is 11.2 Å². The second-order valence-electron chi connectivity index (χ2n) is 5.76. The molecule has 0 saturated heterocycles. The summed E-state index contributed by atoms with van der Waals surface area (Å²) in [5, 5.41) is 0. The smallest absolute Gasteiger partial charge is 0.332 e. The van der Waals surface area contributed by atoms with Crippen molar-refractivity contribution in [3.05, 3.63) is 32.8 Å². The number of rotatable bonds is 3. The minimum absolute atomic E-state index is 0.318. The van der Waals surface area contributed by atoms with E-state index in [0.717, 1.165) is 6.42 Å². The Balaban J connectivity index is 2.36. The van der Waals surface area contributed by atoms with Crippen LogP contribution in [0.5, 0.6) is 0 Å².